The van der Waals surface area contributed by atoms with Crippen LogP contribution >= 0.6 is 0 Å². The van der Waals surface area contributed by atoms with Gasteiger partial charge in [-0.15, -0.1) is 0 Å². The Kier molecular flexibility index (Phi) is 5.69. The Labute approximate surface area is 162 Å². The van der Waals surface area contributed by atoms with Crippen LogP contribution in [-0.4, -0.2) is 21.7 Å². The van der Waals surface area contributed by atoms with Crippen molar-refractivity contribution in [1.29, 1.82) is 0 Å². The Balaban J connectivity index is 1.86. The predicted molar refractivity (Wildman–Crippen MR) is 106 cm³/mol. The molecule has 0 unspecified atom stereocenters. The summed E-state index contributed by atoms with van der Waals surface area (Å²) in [6.07, 6.45) is 6.46. The monoisotopic (exact) mass is 375 g/mol. The van der Waals surface area contributed by atoms with Crippen LogP contribution in [0.2, 0.25) is 0 Å². The van der Waals surface area contributed by atoms with Gasteiger partial charge in [-0.25, -0.2) is 9.37 Å². The van der Waals surface area contributed by atoms with Gasteiger partial charge in [0.2, 0.25) is 5.91 Å². The van der Waals surface area contributed by atoms with Gasteiger partial charge in [-0.1, -0.05) is 0 Å². The van der Waals surface area contributed by atoms with Crippen molar-refractivity contribution in [2.24, 2.45) is 0 Å². The Morgan fingerprint density at radius 1 is 1.04 bits per heavy atom. The van der Waals surface area contributed by atoms with Crippen molar-refractivity contribution in [3.63, 3.8) is 0 Å². The Hall–Kier alpha value is -3.67. The Morgan fingerprint density at radius 2 is 1.79 bits per heavy atom. The minimum Gasteiger partial charge on any atom is -0.311 e. The van der Waals surface area contributed by atoms with Gasteiger partial charge in [0.05, 0.1) is 0 Å². The summed E-state index contributed by atoms with van der Waals surface area (Å²) in [4.78, 5) is 32.0. The molecule has 0 saturated heterocycles. The molecule has 0 aliphatic carbocycles. The second kappa shape index (κ2) is 8.35. The molecule has 0 aliphatic rings. The lowest BCUT2D eigenvalue weighted by Crippen LogP contribution is -2.07. The highest BCUT2D eigenvalue weighted by Gasteiger charge is 2.06. The van der Waals surface area contributed by atoms with Crippen LogP contribution in [0.15, 0.2) is 60.9 Å². The lowest BCUT2D eigenvalue weighted by atomic mass is 10.0. The first-order chi connectivity index (χ1) is 13.4. The first-order valence-electron chi connectivity index (χ1n) is 8.61. The molecule has 0 spiro atoms. The lowest BCUT2D eigenvalue weighted by molar-refractivity contribution is -0.114. The standard InChI is InChI=1S/C22H18FN3O2/c1-14-17(5-8-21(28)16-3-6-20(23)7-4-16)11-19(13-25-14)18-9-10-24-22(12-18)26-15(2)27/h3-13H,1-2H3,(H,24,26,27)/b8-5+. The van der Waals surface area contributed by atoms with Crippen molar-refractivity contribution in [3.8, 4) is 11.1 Å². The number of carbonyl (C=O) groups is 2. The number of amides is 1. The summed E-state index contributed by atoms with van der Waals surface area (Å²) < 4.78 is 13.0. The van der Waals surface area contributed by atoms with Crippen LogP contribution < -0.4 is 5.32 Å². The number of hydrogen-bond donors (Lipinski definition) is 1. The number of halogens is 1. The Morgan fingerprint density at radius 3 is 2.50 bits per heavy atom. The number of aromatic nitrogens is 2. The van der Waals surface area contributed by atoms with Crippen LogP contribution in [0.3, 0.4) is 0 Å². The van der Waals surface area contributed by atoms with E-state index in [1.807, 2.05) is 19.1 Å². The molecular formula is C22H18FN3O2. The van der Waals surface area contributed by atoms with Crippen LogP contribution in [-0.2, 0) is 4.79 Å². The van der Waals surface area contributed by atoms with Crippen LogP contribution in [0.5, 0.6) is 0 Å². The number of benzene rings is 1. The number of aryl methyl sites for hydroxylation is 1. The highest BCUT2D eigenvalue weighted by molar-refractivity contribution is 6.06. The second-order valence-corrected chi connectivity index (χ2v) is 6.21. The number of rotatable bonds is 5. The van der Waals surface area contributed by atoms with Gasteiger partial charge in [-0.05, 0) is 72.7 Å². The van der Waals surface area contributed by atoms with Crippen molar-refractivity contribution in [2.75, 3.05) is 5.32 Å². The molecule has 140 valence electrons. The van der Waals surface area contributed by atoms with E-state index in [1.54, 1.807) is 24.5 Å². The van der Waals surface area contributed by atoms with E-state index in [9.17, 15) is 14.0 Å². The van der Waals surface area contributed by atoms with Gasteiger partial charge in [0, 0.05) is 36.1 Å². The fraction of sp³-hybridized carbons (Fsp3) is 0.0909. The van der Waals surface area contributed by atoms with E-state index in [-0.39, 0.29) is 17.5 Å². The number of nitrogens with one attached hydrogen (secondary N) is 1. The third-order valence-corrected chi connectivity index (χ3v) is 4.07. The zero-order valence-electron chi connectivity index (χ0n) is 15.4. The maximum absolute atomic E-state index is 13.0. The highest BCUT2D eigenvalue weighted by Crippen LogP contribution is 2.23. The molecule has 3 rings (SSSR count). The first-order valence-corrected chi connectivity index (χ1v) is 8.61. The summed E-state index contributed by atoms with van der Waals surface area (Å²) in [6, 6.07) is 10.9. The smallest absolute Gasteiger partial charge is 0.222 e. The van der Waals surface area contributed by atoms with Crippen molar-refractivity contribution < 1.29 is 14.0 Å². The van der Waals surface area contributed by atoms with Crippen molar-refractivity contribution >= 4 is 23.6 Å². The Bertz CT molecular complexity index is 1060. The molecule has 0 bridgehead atoms. The van der Waals surface area contributed by atoms with Gasteiger partial charge in [-0.2, -0.15) is 0 Å². The van der Waals surface area contributed by atoms with E-state index >= 15 is 0 Å². The van der Waals surface area contributed by atoms with Crippen LogP contribution in [0.4, 0.5) is 10.2 Å². The molecule has 28 heavy (non-hydrogen) atoms. The molecule has 0 radical (unpaired) electrons. The fourth-order valence-electron chi connectivity index (χ4n) is 2.61. The molecule has 0 fully saturated rings. The highest BCUT2D eigenvalue weighted by atomic mass is 19.1. The summed E-state index contributed by atoms with van der Waals surface area (Å²) in [5.41, 5.74) is 3.63. The maximum atomic E-state index is 13.0. The topological polar surface area (TPSA) is 72.0 Å². The minimum absolute atomic E-state index is 0.199. The summed E-state index contributed by atoms with van der Waals surface area (Å²) >= 11 is 0. The molecule has 1 aromatic carbocycles. The average Bonchev–Trinajstić information content (AvgIpc) is 2.67. The van der Waals surface area contributed by atoms with Crippen molar-refractivity contribution in [3.05, 3.63) is 83.6 Å². The number of hydrogen-bond acceptors (Lipinski definition) is 4. The van der Waals surface area contributed by atoms with Crippen LogP contribution in [0.25, 0.3) is 17.2 Å². The number of carbonyl (C=O) groups excluding carboxylic acids is 2. The normalized spacial score (nSPS) is 10.8. The van der Waals surface area contributed by atoms with Gasteiger partial charge in [0.15, 0.2) is 5.78 Å². The molecular weight excluding hydrogens is 357 g/mol. The number of ketones is 1. The number of allylic oxidation sites excluding steroid dienone is 1. The predicted octanol–water partition coefficient (Wildman–Crippen LogP) is 4.45. The minimum atomic E-state index is -0.385. The van der Waals surface area contributed by atoms with Crippen molar-refractivity contribution in [1.82, 2.24) is 9.97 Å². The summed E-state index contributed by atoms with van der Waals surface area (Å²) in [5, 5.41) is 2.65. The van der Waals surface area contributed by atoms with E-state index in [0.29, 0.717) is 11.4 Å². The molecule has 2 aromatic heterocycles. The number of nitrogens with zero attached hydrogens (tertiary/aromatic N) is 2. The second-order valence-electron chi connectivity index (χ2n) is 6.21. The molecule has 1 N–H and O–H groups in total. The summed E-state index contributed by atoms with van der Waals surface area (Å²) in [6.45, 7) is 3.27. The first kappa shape index (κ1) is 19.1. The molecule has 6 heteroatoms. The van der Waals surface area contributed by atoms with Crippen molar-refractivity contribution in [2.45, 2.75) is 13.8 Å². The van der Waals surface area contributed by atoms with Gasteiger partial charge in [0.1, 0.15) is 11.6 Å². The van der Waals surface area contributed by atoms with Crippen LogP contribution in [0.1, 0.15) is 28.5 Å². The zero-order chi connectivity index (χ0) is 20.1. The van der Waals surface area contributed by atoms with Gasteiger partial charge < -0.3 is 5.32 Å². The van der Waals surface area contributed by atoms with Crippen LogP contribution in [0, 0.1) is 12.7 Å². The zero-order valence-corrected chi connectivity index (χ0v) is 15.4. The molecule has 2 heterocycles. The SMILES string of the molecule is CC(=O)Nc1cc(-c2cnc(C)c(/C=C/C(=O)c3ccc(F)cc3)c2)ccn1. The molecule has 0 atom stereocenters. The van der Waals surface area contributed by atoms with E-state index in [2.05, 4.69) is 15.3 Å². The van der Waals surface area contributed by atoms with Gasteiger partial charge in [-0.3, -0.25) is 14.6 Å². The van der Waals surface area contributed by atoms with E-state index in [4.69, 9.17) is 0 Å². The number of anilines is 1. The third-order valence-electron chi connectivity index (χ3n) is 4.07. The molecule has 0 saturated carbocycles. The summed E-state index contributed by atoms with van der Waals surface area (Å²) in [7, 11) is 0. The summed E-state index contributed by atoms with van der Waals surface area (Å²) in [5.74, 6) is -0.352. The largest absolute Gasteiger partial charge is 0.311 e. The van der Waals surface area contributed by atoms with Gasteiger partial charge in [0.25, 0.3) is 0 Å². The van der Waals surface area contributed by atoms with E-state index < -0.39 is 0 Å². The van der Waals surface area contributed by atoms with E-state index in [0.717, 1.165) is 22.4 Å². The third kappa shape index (κ3) is 4.73. The molecule has 1 amide bonds. The maximum Gasteiger partial charge on any atom is 0.222 e. The molecule has 0 aliphatic heterocycles. The average molecular weight is 375 g/mol. The van der Waals surface area contributed by atoms with Gasteiger partial charge >= 0.3 is 0 Å². The quantitative estimate of drug-likeness (QED) is 0.528. The lowest BCUT2D eigenvalue weighted by Gasteiger charge is -2.07. The van der Waals surface area contributed by atoms with E-state index in [1.165, 1.54) is 37.3 Å². The number of pyridine rings is 2. The molecule has 3 aromatic rings. The fourth-order valence-corrected chi connectivity index (χ4v) is 2.61. The molecule has 5 nitrogen and oxygen atoms in total.